The van der Waals surface area contributed by atoms with Crippen LogP contribution in [0.15, 0.2) is 42.5 Å². The zero-order valence-electron chi connectivity index (χ0n) is 10.6. The smallest absolute Gasteiger partial charge is 0.123 e. The molecule has 2 rings (SSSR count). The third-order valence-electron chi connectivity index (χ3n) is 2.90. The van der Waals surface area contributed by atoms with E-state index in [1.807, 2.05) is 11.9 Å². The van der Waals surface area contributed by atoms with Crippen LogP contribution in [0, 0.1) is 17.1 Å². The summed E-state index contributed by atoms with van der Waals surface area (Å²) in [6, 6.07) is 13.6. The highest BCUT2D eigenvalue weighted by atomic mass is 19.1. The Bertz CT molecular complexity index is 614. The zero-order chi connectivity index (χ0) is 13.8. The van der Waals surface area contributed by atoms with Crippen LogP contribution in [-0.4, -0.2) is 7.05 Å². The molecule has 4 heteroatoms. The number of nitriles is 1. The van der Waals surface area contributed by atoms with Gasteiger partial charge in [-0.3, -0.25) is 0 Å². The Balaban J connectivity index is 2.22. The number of halogens is 1. The fraction of sp³-hybridized carbons (Fsp3) is 0.133. The van der Waals surface area contributed by atoms with Crippen LogP contribution in [0.2, 0.25) is 0 Å². The minimum atomic E-state index is -0.252. The Morgan fingerprint density at radius 2 is 1.89 bits per heavy atom. The number of rotatable bonds is 3. The van der Waals surface area contributed by atoms with Gasteiger partial charge in [0.05, 0.1) is 23.0 Å². The lowest BCUT2D eigenvalue weighted by Crippen LogP contribution is -2.17. The van der Waals surface area contributed by atoms with Crippen molar-refractivity contribution >= 4 is 11.4 Å². The first kappa shape index (κ1) is 12.9. The molecule has 0 heterocycles. The molecular weight excluding hydrogens is 241 g/mol. The van der Waals surface area contributed by atoms with E-state index in [0.29, 0.717) is 17.8 Å². The largest absolute Gasteiger partial charge is 0.397 e. The Morgan fingerprint density at radius 3 is 2.53 bits per heavy atom. The Hall–Kier alpha value is -2.54. The number of hydrogen-bond donors (Lipinski definition) is 1. The quantitative estimate of drug-likeness (QED) is 0.858. The molecule has 0 aromatic heterocycles. The van der Waals surface area contributed by atoms with E-state index >= 15 is 0 Å². The van der Waals surface area contributed by atoms with Crippen molar-refractivity contribution in [3.8, 4) is 6.07 Å². The summed E-state index contributed by atoms with van der Waals surface area (Å²) in [6.45, 7) is 0.597. The first-order valence-electron chi connectivity index (χ1n) is 5.85. The van der Waals surface area contributed by atoms with Crippen molar-refractivity contribution in [1.82, 2.24) is 0 Å². The van der Waals surface area contributed by atoms with E-state index in [1.165, 1.54) is 12.1 Å². The second-order valence-corrected chi connectivity index (χ2v) is 4.37. The van der Waals surface area contributed by atoms with E-state index in [-0.39, 0.29) is 5.82 Å². The maximum atomic E-state index is 12.8. The summed E-state index contributed by atoms with van der Waals surface area (Å²) in [5.41, 5.74) is 8.86. The standard InChI is InChI=1S/C15H14FN3/c1-19(10-11-2-5-13(16)6-3-11)15-8-12(9-17)4-7-14(15)18/h2-8H,10,18H2,1H3. The van der Waals surface area contributed by atoms with Crippen LogP contribution in [-0.2, 0) is 6.54 Å². The van der Waals surface area contributed by atoms with E-state index in [1.54, 1.807) is 30.3 Å². The van der Waals surface area contributed by atoms with Crippen molar-refractivity contribution in [2.24, 2.45) is 0 Å². The fourth-order valence-electron chi connectivity index (χ4n) is 1.89. The number of hydrogen-bond acceptors (Lipinski definition) is 3. The van der Waals surface area contributed by atoms with Gasteiger partial charge in [0.25, 0.3) is 0 Å². The van der Waals surface area contributed by atoms with Crippen LogP contribution in [0.4, 0.5) is 15.8 Å². The first-order valence-corrected chi connectivity index (χ1v) is 5.85. The minimum absolute atomic E-state index is 0.252. The lowest BCUT2D eigenvalue weighted by Gasteiger charge is -2.21. The number of benzene rings is 2. The molecule has 2 aromatic carbocycles. The Labute approximate surface area is 111 Å². The molecule has 2 aromatic rings. The van der Waals surface area contributed by atoms with Crippen molar-refractivity contribution < 1.29 is 4.39 Å². The Morgan fingerprint density at radius 1 is 1.21 bits per heavy atom. The van der Waals surface area contributed by atoms with Crippen LogP contribution >= 0.6 is 0 Å². The maximum Gasteiger partial charge on any atom is 0.123 e. The fourth-order valence-corrected chi connectivity index (χ4v) is 1.89. The predicted octanol–water partition coefficient (Wildman–Crippen LogP) is 2.92. The van der Waals surface area contributed by atoms with Crippen LogP contribution < -0.4 is 10.6 Å². The number of nitrogens with two attached hydrogens (primary N) is 1. The molecular formula is C15H14FN3. The lowest BCUT2D eigenvalue weighted by molar-refractivity contribution is 0.627. The molecule has 0 bridgehead atoms. The highest BCUT2D eigenvalue weighted by Gasteiger charge is 2.07. The maximum absolute atomic E-state index is 12.8. The molecule has 0 unspecified atom stereocenters. The van der Waals surface area contributed by atoms with Gasteiger partial charge >= 0.3 is 0 Å². The molecule has 0 fully saturated rings. The summed E-state index contributed by atoms with van der Waals surface area (Å²) in [6.07, 6.45) is 0. The van der Waals surface area contributed by atoms with E-state index in [2.05, 4.69) is 6.07 Å². The van der Waals surface area contributed by atoms with Gasteiger partial charge in [-0.15, -0.1) is 0 Å². The van der Waals surface area contributed by atoms with Gasteiger partial charge in [0.2, 0.25) is 0 Å². The number of anilines is 2. The normalized spacial score (nSPS) is 9.95. The van der Waals surface area contributed by atoms with Gasteiger partial charge < -0.3 is 10.6 Å². The van der Waals surface area contributed by atoms with E-state index in [4.69, 9.17) is 11.0 Å². The second kappa shape index (κ2) is 5.40. The molecule has 0 atom stereocenters. The SMILES string of the molecule is CN(Cc1ccc(F)cc1)c1cc(C#N)ccc1N. The second-order valence-electron chi connectivity index (χ2n) is 4.37. The summed E-state index contributed by atoms with van der Waals surface area (Å²) in [7, 11) is 1.89. The molecule has 0 aliphatic carbocycles. The highest BCUT2D eigenvalue weighted by Crippen LogP contribution is 2.24. The van der Waals surface area contributed by atoms with Crippen LogP contribution in [0.3, 0.4) is 0 Å². The van der Waals surface area contributed by atoms with Gasteiger partial charge in [0.15, 0.2) is 0 Å². The molecule has 0 aliphatic heterocycles. The van der Waals surface area contributed by atoms with Gasteiger partial charge in [-0.2, -0.15) is 5.26 Å². The molecule has 96 valence electrons. The van der Waals surface area contributed by atoms with Crippen molar-refractivity contribution in [3.63, 3.8) is 0 Å². The molecule has 0 spiro atoms. The molecule has 3 nitrogen and oxygen atoms in total. The molecule has 0 saturated heterocycles. The monoisotopic (exact) mass is 255 g/mol. The first-order chi connectivity index (χ1) is 9.10. The van der Waals surface area contributed by atoms with Gasteiger partial charge in [0.1, 0.15) is 5.82 Å². The average Bonchev–Trinajstić information content (AvgIpc) is 2.42. The van der Waals surface area contributed by atoms with Crippen molar-refractivity contribution in [2.75, 3.05) is 17.7 Å². The van der Waals surface area contributed by atoms with E-state index in [0.717, 1.165) is 11.3 Å². The third-order valence-corrected chi connectivity index (χ3v) is 2.90. The molecule has 19 heavy (non-hydrogen) atoms. The molecule has 0 amide bonds. The van der Waals surface area contributed by atoms with Crippen LogP contribution in [0.5, 0.6) is 0 Å². The molecule has 0 aliphatic rings. The summed E-state index contributed by atoms with van der Waals surface area (Å²) in [4.78, 5) is 1.93. The predicted molar refractivity (Wildman–Crippen MR) is 74.1 cm³/mol. The lowest BCUT2D eigenvalue weighted by atomic mass is 10.1. The minimum Gasteiger partial charge on any atom is -0.397 e. The van der Waals surface area contributed by atoms with Crippen molar-refractivity contribution in [2.45, 2.75) is 6.54 Å². The number of nitrogen functional groups attached to an aromatic ring is 1. The van der Waals surface area contributed by atoms with Crippen molar-refractivity contribution in [3.05, 3.63) is 59.4 Å². The van der Waals surface area contributed by atoms with Crippen LogP contribution in [0.25, 0.3) is 0 Å². The van der Waals surface area contributed by atoms with E-state index in [9.17, 15) is 4.39 Å². The van der Waals surface area contributed by atoms with Gasteiger partial charge in [-0.05, 0) is 35.9 Å². The molecule has 0 saturated carbocycles. The van der Waals surface area contributed by atoms with Crippen molar-refractivity contribution in [1.29, 1.82) is 5.26 Å². The summed E-state index contributed by atoms with van der Waals surface area (Å²) < 4.78 is 12.8. The Kier molecular flexibility index (Phi) is 3.67. The number of nitrogens with zero attached hydrogens (tertiary/aromatic N) is 2. The summed E-state index contributed by atoms with van der Waals surface area (Å²) >= 11 is 0. The topological polar surface area (TPSA) is 53.0 Å². The van der Waals surface area contributed by atoms with Crippen LogP contribution in [0.1, 0.15) is 11.1 Å². The summed E-state index contributed by atoms with van der Waals surface area (Å²) in [5.74, 6) is -0.252. The zero-order valence-corrected chi connectivity index (χ0v) is 10.6. The third kappa shape index (κ3) is 3.02. The average molecular weight is 255 g/mol. The molecule has 2 N–H and O–H groups in total. The van der Waals surface area contributed by atoms with Gasteiger partial charge in [-0.1, -0.05) is 12.1 Å². The van der Waals surface area contributed by atoms with E-state index < -0.39 is 0 Å². The molecule has 0 radical (unpaired) electrons. The summed E-state index contributed by atoms with van der Waals surface area (Å²) in [5, 5.41) is 8.90. The highest BCUT2D eigenvalue weighted by molar-refractivity contribution is 5.69. The van der Waals surface area contributed by atoms with Gasteiger partial charge in [-0.25, -0.2) is 4.39 Å². The van der Waals surface area contributed by atoms with Gasteiger partial charge in [0, 0.05) is 13.6 Å².